The molecule has 25 heavy (non-hydrogen) atoms. The molecule has 3 aromatic rings. The van der Waals surface area contributed by atoms with Crippen LogP contribution in [0.25, 0.3) is 0 Å². The summed E-state index contributed by atoms with van der Waals surface area (Å²) in [6.45, 7) is 2.73. The molecule has 128 valence electrons. The van der Waals surface area contributed by atoms with Gasteiger partial charge in [0.2, 0.25) is 0 Å². The highest BCUT2D eigenvalue weighted by atomic mass is 32.2. The van der Waals surface area contributed by atoms with Gasteiger partial charge in [0.15, 0.2) is 0 Å². The van der Waals surface area contributed by atoms with E-state index in [9.17, 15) is 4.79 Å². The molecule has 0 bridgehead atoms. The van der Waals surface area contributed by atoms with Gasteiger partial charge in [0, 0.05) is 22.6 Å². The molecule has 0 radical (unpaired) electrons. The zero-order valence-electron chi connectivity index (χ0n) is 14.1. The summed E-state index contributed by atoms with van der Waals surface area (Å²) in [5.41, 5.74) is 6.14. The molecule has 3 rings (SSSR count). The summed E-state index contributed by atoms with van der Waals surface area (Å²) in [5, 5.41) is 5.08. The van der Waals surface area contributed by atoms with Crippen LogP contribution in [-0.4, -0.2) is 17.4 Å². The maximum absolute atomic E-state index is 12.6. The monoisotopic (exact) mass is 368 g/mol. The lowest BCUT2D eigenvalue weighted by Crippen LogP contribution is -2.26. The Bertz CT molecular complexity index is 831. The Hall–Kier alpha value is -2.11. The Morgan fingerprint density at radius 1 is 1.16 bits per heavy atom. The number of carbonyl (C=O) groups is 1. The average molecular weight is 369 g/mol. The van der Waals surface area contributed by atoms with Gasteiger partial charge in [-0.3, -0.25) is 4.79 Å². The Morgan fingerprint density at radius 3 is 2.76 bits per heavy atom. The van der Waals surface area contributed by atoms with Crippen LogP contribution < -0.4 is 5.32 Å². The Kier molecular flexibility index (Phi) is 6.25. The Balaban J connectivity index is 1.59. The third kappa shape index (κ3) is 4.94. The van der Waals surface area contributed by atoms with Gasteiger partial charge in [-0.25, -0.2) is 4.98 Å². The van der Waals surface area contributed by atoms with Crippen LogP contribution in [0.3, 0.4) is 0 Å². The normalized spacial score (nSPS) is 10.6. The highest BCUT2D eigenvalue weighted by Gasteiger charge is 2.11. The van der Waals surface area contributed by atoms with Crippen LogP contribution in [0.2, 0.25) is 0 Å². The molecule has 1 amide bonds. The van der Waals surface area contributed by atoms with Gasteiger partial charge in [-0.05, 0) is 36.6 Å². The predicted molar refractivity (Wildman–Crippen MR) is 105 cm³/mol. The van der Waals surface area contributed by atoms with E-state index in [0.717, 1.165) is 28.3 Å². The van der Waals surface area contributed by atoms with E-state index >= 15 is 0 Å². The molecule has 1 N–H and O–H groups in total. The lowest BCUT2D eigenvalue weighted by Gasteiger charge is -2.10. The summed E-state index contributed by atoms with van der Waals surface area (Å²) in [6.07, 6.45) is 0.840. The van der Waals surface area contributed by atoms with Gasteiger partial charge in [-0.1, -0.05) is 36.4 Å². The molecule has 0 fully saturated rings. The van der Waals surface area contributed by atoms with E-state index < -0.39 is 0 Å². The largest absolute Gasteiger partial charge is 0.352 e. The van der Waals surface area contributed by atoms with Crippen molar-refractivity contribution in [2.75, 3.05) is 6.54 Å². The summed E-state index contributed by atoms with van der Waals surface area (Å²) >= 11 is 3.24. The van der Waals surface area contributed by atoms with Crippen LogP contribution in [0.4, 0.5) is 0 Å². The molecule has 1 heterocycles. The quantitative estimate of drug-likeness (QED) is 0.614. The van der Waals surface area contributed by atoms with Crippen LogP contribution in [0.5, 0.6) is 0 Å². The second kappa shape index (κ2) is 8.83. The summed E-state index contributed by atoms with van der Waals surface area (Å²) < 4.78 is 0. The van der Waals surface area contributed by atoms with E-state index in [-0.39, 0.29) is 5.91 Å². The molecule has 5 heteroatoms. The minimum Gasteiger partial charge on any atom is -0.352 e. The van der Waals surface area contributed by atoms with Crippen molar-refractivity contribution in [3.8, 4) is 0 Å². The SMILES string of the molecule is Cc1ccccc1CCNC(=O)c1ccccc1SCc1cscn1. The first-order valence-corrected chi connectivity index (χ1v) is 10.1. The molecule has 2 aromatic carbocycles. The van der Waals surface area contributed by atoms with Crippen molar-refractivity contribution in [2.24, 2.45) is 0 Å². The number of carbonyl (C=O) groups excluding carboxylic acids is 1. The van der Waals surface area contributed by atoms with Gasteiger partial charge in [0.1, 0.15) is 0 Å². The van der Waals surface area contributed by atoms with Crippen LogP contribution in [-0.2, 0) is 12.2 Å². The Labute approximate surface area is 156 Å². The molecule has 0 aliphatic rings. The Morgan fingerprint density at radius 2 is 1.96 bits per heavy atom. The van der Waals surface area contributed by atoms with E-state index in [2.05, 4.69) is 29.4 Å². The average Bonchev–Trinajstić information content (AvgIpc) is 3.15. The van der Waals surface area contributed by atoms with Crippen molar-refractivity contribution >= 4 is 29.0 Å². The van der Waals surface area contributed by atoms with Gasteiger partial charge in [-0.2, -0.15) is 0 Å². The lowest BCUT2D eigenvalue weighted by molar-refractivity contribution is 0.0951. The molecule has 1 aromatic heterocycles. The molecular weight excluding hydrogens is 348 g/mol. The zero-order valence-corrected chi connectivity index (χ0v) is 15.7. The zero-order chi connectivity index (χ0) is 17.5. The molecule has 0 aliphatic heterocycles. The van der Waals surface area contributed by atoms with Crippen molar-refractivity contribution in [1.29, 1.82) is 0 Å². The van der Waals surface area contributed by atoms with Gasteiger partial charge in [0.25, 0.3) is 5.91 Å². The first-order chi connectivity index (χ1) is 12.2. The minimum atomic E-state index is -0.0186. The molecule has 0 atom stereocenters. The molecule has 0 aliphatic carbocycles. The number of aryl methyl sites for hydroxylation is 1. The maximum atomic E-state index is 12.6. The van der Waals surface area contributed by atoms with E-state index in [1.54, 1.807) is 23.1 Å². The highest BCUT2D eigenvalue weighted by Crippen LogP contribution is 2.26. The van der Waals surface area contributed by atoms with Crippen LogP contribution >= 0.6 is 23.1 Å². The maximum Gasteiger partial charge on any atom is 0.252 e. The minimum absolute atomic E-state index is 0.0186. The fourth-order valence-electron chi connectivity index (χ4n) is 2.54. The number of hydrogen-bond donors (Lipinski definition) is 1. The number of benzene rings is 2. The smallest absolute Gasteiger partial charge is 0.252 e. The first-order valence-electron chi connectivity index (χ1n) is 8.15. The molecule has 3 nitrogen and oxygen atoms in total. The molecular formula is C20H20N2OS2. The molecule has 0 spiro atoms. The molecule has 0 saturated carbocycles. The molecule has 0 saturated heterocycles. The van der Waals surface area contributed by atoms with Crippen LogP contribution in [0.15, 0.2) is 64.3 Å². The van der Waals surface area contributed by atoms with Crippen molar-refractivity contribution in [1.82, 2.24) is 10.3 Å². The molecule has 0 unspecified atom stereocenters. The number of rotatable bonds is 7. The van der Waals surface area contributed by atoms with E-state index in [0.29, 0.717) is 6.54 Å². The number of aromatic nitrogens is 1. The van der Waals surface area contributed by atoms with Crippen molar-refractivity contribution < 1.29 is 4.79 Å². The van der Waals surface area contributed by atoms with E-state index in [4.69, 9.17) is 0 Å². The number of hydrogen-bond acceptors (Lipinski definition) is 4. The van der Waals surface area contributed by atoms with Gasteiger partial charge < -0.3 is 5.32 Å². The van der Waals surface area contributed by atoms with Gasteiger partial charge >= 0.3 is 0 Å². The van der Waals surface area contributed by atoms with Crippen molar-refractivity contribution in [2.45, 2.75) is 24.0 Å². The fourth-order valence-corrected chi connectivity index (χ4v) is 4.15. The second-order valence-corrected chi connectivity index (χ2v) is 7.43. The van der Waals surface area contributed by atoms with Crippen molar-refractivity contribution in [3.63, 3.8) is 0 Å². The number of thioether (sulfide) groups is 1. The summed E-state index contributed by atoms with van der Waals surface area (Å²) in [7, 11) is 0. The van der Waals surface area contributed by atoms with E-state index in [1.165, 1.54) is 11.1 Å². The summed E-state index contributed by atoms with van der Waals surface area (Å²) in [5.74, 6) is 0.756. The third-order valence-corrected chi connectivity index (χ3v) is 5.67. The standard InChI is InChI=1S/C20H20N2OS2/c1-15-6-2-3-7-16(15)10-11-21-20(23)18-8-4-5-9-19(18)25-13-17-12-24-14-22-17/h2-9,12,14H,10-11,13H2,1H3,(H,21,23). The van der Waals surface area contributed by atoms with Gasteiger partial charge in [0.05, 0.1) is 16.8 Å². The van der Waals surface area contributed by atoms with E-state index in [1.807, 2.05) is 47.3 Å². The summed E-state index contributed by atoms with van der Waals surface area (Å²) in [4.78, 5) is 17.8. The van der Waals surface area contributed by atoms with Crippen LogP contribution in [0, 0.1) is 6.92 Å². The highest BCUT2D eigenvalue weighted by molar-refractivity contribution is 7.98. The number of nitrogens with zero attached hydrogens (tertiary/aromatic N) is 1. The lowest BCUT2D eigenvalue weighted by atomic mass is 10.1. The van der Waals surface area contributed by atoms with Gasteiger partial charge in [-0.15, -0.1) is 23.1 Å². The first kappa shape index (κ1) is 17.7. The van der Waals surface area contributed by atoms with Crippen molar-refractivity contribution in [3.05, 3.63) is 81.8 Å². The summed E-state index contributed by atoms with van der Waals surface area (Å²) in [6, 6.07) is 16.0. The van der Waals surface area contributed by atoms with Crippen LogP contribution in [0.1, 0.15) is 27.2 Å². The predicted octanol–water partition coefficient (Wildman–Crippen LogP) is 4.72. The number of nitrogens with one attached hydrogen (secondary N) is 1. The third-order valence-electron chi connectivity index (χ3n) is 3.93. The number of amides is 1. The topological polar surface area (TPSA) is 42.0 Å². The fraction of sp³-hybridized carbons (Fsp3) is 0.200. The second-order valence-electron chi connectivity index (χ2n) is 5.70. The number of thiazole rings is 1.